The first kappa shape index (κ1) is 21.6. The summed E-state index contributed by atoms with van der Waals surface area (Å²) in [5.41, 5.74) is 8.20. The number of hydroxylamine groups is 1. The van der Waals surface area contributed by atoms with E-state index in [1.807, 2.05) is 6.92 Å². The molecular formula is C16H21N5O5S2. The zero-order valence-corrected chi connectivity index (χ0v) is 16.7. The molecule has 28 heavy (non-hydrogen) atoms. The molecule has 0 fully saturated rings. The minimum atomic E-state index is -4.25. The van der Waals surface area contributed by atoms with Gasteiger partial charge in [-0.3, -0.25) is 10.2 Å². The number of hydrogen-bond acceptors (Lipinski definition) is 7. The molecule has 0 bridgehead atoms. The number of ether oxygens (including phenoxy) is 1. The van der Waals surface area contributed by atoms with Crippen molar-refractivity contribution in [1.29, 1.82) is 5.41 Å². The summed E-state index contributed by atoms with van der Waals surface area (Å²) in [7, 11) is -4.25. The van der Waals surface area contributed by atoms with E-state index in [9.17, 15) is 13.2 Å². The van der Waals surface area contributed by atoms with E-state index in [1.54, 1.807) is 29.8 Å². The van der Waals surface area contributed by atoms with Crippen LogP contribution in [-0.4, -0.2) is 44.2 Å². The number of rotatable bonds is 7. The predicted octanol–water partition coefficient (Wildman–Crippen LogP) is 0.472. The Kier molecular flexibility index (Phi) is 7.31. The molecule has 6 N–H and O–H groups in total. The van der Waals surface area contributed by atoms with Gasteiger partial charge in [-0.15, -0.1) is 4.28 Å². The Balaban J connectivity index is 2.21. The average molecular weight is 428 g/mol. The second-order valence-corrected chi connectivity index (χ2v) is 7.68. The summed E-state index contributed by atoms with van der Waals surface area (Å²) in [5, 5.41) is 13.3. The lowest BCUT2D eigenvalue weighted by Crippen LogP contribution is -2.34. The predicted molar refractivity (Wildman–Crippen MR) is 109 cm³/mol. The smallest absolute Gasteiger partial charge is 0.295 e. The standard InChI is InChI=1S/C16H21N5O5S2/c1-2-19-16(27)20-12-5-3-4-11-8-10(6-7-25-14(11)12)13(22)9-28(23,24)26-21-15(17)18/h3-5,8H,2,6-7,9H2,1H3,(H4,17,18,21)(H2,19,20,27). The molecule has 0 unspecified atom stereocenters. The number of ketones is 1. The summed E-state index contributed by atoms with van der Waals surface area (Å²) in [6.07, 6.45) is 1.81. The number of para-hydroxylation sites is 1. The van der Waals surface area contributed by atoms with Crippen LogP contribution < -0.4 is 26.6 Å². The van der Waals surface area contributed by atoms with Crippen LogP contribution in [0.3, 0.4) is 0 Å². The van der Waals surface area contributed by atoms with Gasteiger partial charge < -0.3 is 21.1 Å². The lowest BCUT2D eigenvalue weighted by molar-refractivity contribution is -0.113. The first-order valence-corrected chi connectivity index (χ1v) is 10.3. The number of carbonyl (C=O) groups excluding carboxylic acids is 1. The van der Waals surface area contributed by atoms with Gasteiger partial charge in [0, 0.05) is 24.1 Å². The molecule has 0 spiro atoms. The van der Waals surface area contributed by atoms with E-state index in [4.69, 9.17) is 28.1 Å². The molecular weight excluding hydrogens is 406 g/mol. The number of hydrogen-bond donors (Lipinski definition) is 5. The van der Waals surface area contributed by atoms with Crippen molar-refractivity contribution in [3.8, 4) is 5.75 Å². The van der Waals surface area contributed by atoms with Crippen LogP contribution in [0.15, 0.2) is 23.8 Å². The van der Waals surface area contributed by atoms with E-state index in [0.717, 1.165) is 0 Å². The summed E-state index contributed by atoms with van der Waals surface area (Å²) in [6.45, 7) is 2.76. The van der Waals surface area contributed by atoms with Crippen molar-refractivity contribution in [2.45, 2.75) is 13.3 Å². The second-order valence-electron chi connectivity index (χ2n) is 5.70. The van der Waals surface area contributed by atoms with Crippen molar-refractivity contribution in [3.63, 3.8) is 0 Å². The number of fused-ring (bicyclic) bond motifs is 1. The molecule has 1 aromatic rings. The van der Waals surface area contributed by atoms with Crippen molar-refractivity contribution in [2.75, 3.05) is 24.2 Å². The maximum absolute atomic E-state index is 12.4. The molecule has 2 rings (SSSR count). The molecule has 10 nitrogen and oxygen atoms in total. The van der Waals surface area contributed by atoms with Crippen molar-refractivity contribution >= 4 is 51.0 Å². The monoisotopic (exact) mass is 427 g/mol. The fourth-order valence-electron chi connectivity index (χ4n) is 2.39. The number of thiocarbonyl (C=S) groups is 1. The number of carbonyl (C=O) groups is 1. The maximum atomic E-state index is 12.4. The fraction of sp³-hybridized carbons (Fsp3) is 0.312. The van der Waals surface area contributed by atoms with Crippen LogP contribution in [0.5, 0.6) is 5.75 Å². The Morgan fingerprint density at radius 2 is 2.18 bits per heavy atom. The normalized spacial score (nSPS) is 13.2. The SMILES string of the molecule is CCNC(=S)Nc1cccc2c1OCCC(C(=O)CS(=O)(=O)ONC(=N)N)=C2. The highest BCUT2D eigenvalue weighted by atomic mass is 32.2. The molecule has 1 heterocycles. The first-order chi connectivity index (χ1) is 13.2. The highest BCUT2D eigenvalue weighted by Gasteiger charge is 2.24. The van der Waals surface area contributed by atoms with Gasteiger partial charge in [0.1, 0.15) is 11.5 Å². The van der Waals surface area contributed by atoms with E-state index in [2.05, 4.69) is 14.9 Å². The summed E-state index contributed by atoms with van der Waals surface area (Å²) in [6, 6.07) is 5.30. The number of nitrogens with one attached hydrogen (secondary N) is 4. The zero-order chi connectivity index (χ0) is 20.7. The van der Waals surface area contributed by atoms with Gasteiger partial charge in [0.2, 0.25) is 5.96 Å². The summed E-state index contributed by atoms with van der Waals surface area (Å²) in [5.74, 6) is -1.70. The topological polar surface area (TPSA) is 156 Å². The van der Waals surface area contributed by atoms with Crippen molar-refractivity contribution in [1.82, 2.24) is 10.8 Å². The maximum Gasteiger partial charge on any atom is 0.295 e. The number of benzene rings is 1. The Bertz CT molecular complexity index is 914. The average Bonchev–Trinajstić information content (AvgIpc) is 2.83. The minimum absolute atomic E-state index is 0.184. The molecule has 0 saturated heterocycles. The number of Topliss-reactive ketones (excluding diaryl/α,β-unsaturated/α-hetero) is 1. The van der Waals surface area contributed by atoms with Gasteiger partial charge in [0.05, 0.1) is 12.3 Å². The van der Waals surface area contributed by atoms with Gasteiger partial charge in [-0.1, -0.05) is 12.1 Å². The van der Waals surface area contributed by atoms with Crippen LogP contribution >= 0.6 is 12.2 Å². The molecule has 12 heteroatoms. The van der Waals surface area contributed by atoms with Crippen LogP contribution in [0, 0.1) is 5.41 Å². The molecule has 0 aliphatic carbocycles. The van der Waals surface area contributed by atoms with Gasteiger partial charge >= 0.3 is 0 Å². The highest BCUT2D eigenvalue weighted by Crippen LogP contribution is 2.33. The van der Waals surface area contributed by atoms with Gasteiger partial charge in [-0.2, -0.15) is 8.42 Å². The third-order valence-corrected chi connectivity index (χ3v) is 4.72. The largest absolute Gasteiger partial charge is 0.490 e. The summed E-state index contributed by atoms with van der Waals surface area (Å²) in [4.78, 5) is 12.4. The molecule has 1 aromatic carbocycles. The van der Waals surface area contributed by atoms with Crippen LogP contribution in [-0.2, 0) is 19.2 Å². The van der Waals surface area contributed by atoms with Crippen LogP contribution in [0.25, 0.3) is 6.08 Å². The molecule has 0 atom stereocenters. The number of nitrogens with two attached hydrogens (primary N) is 1. The van der Waals surface area contributed by atoms with Crippen LogP contribution in [0.2, 0.25) is 0 Å². The quantitative estimate of drug-likeness (QED) is 0.179. The number of guanidine groups is 1. The molecule has 1 aliphatic heterocycles. The van der Waals surface area contributed by atoms with Crippen molar-refractivity contribution in [3.05, 3.63) is 29.3 Å². The Morgan fingerprint density at radius 1 is 1.43 bits per heavy atom. The summed E-state index contributed by atoms with van der Waals surface area (Å²) < 4.78 is 33.7. The van der Waals surface area contributed by atoms with Crippen LogP contribution in [0.1, 0.15) is 18.9 Å². The molecule has 1 aliphatic rings. The second kappa shape index (κ2) is 9.48. The summed E-state index contributed by atoms with van der Waals surface area (Å²) >= 11 is 5.18. The molecule has 0 saturated carbocycles. The van der Waals surface area contributed by atoms with E-state index in [0.29, 0.717) is 28.7 Å². The molecule has 0 aromatic heterocycles. The Labute approximate surface area is 168 Å². The highest BCUT2D eigenvalue weighted by molar-refractivity contribution is 7.87. The van der Waals surface area contributed by atoms with Crippen molar-refractivity contribution < 1.29 is 22.2 Å². The van der Waals surface area contributed by atoms with Crippen molar-refractivity contribution in [2.24, 2.45) is 5.73 Å². The lowest BCUT2D eigenvalue weighted by Gasteiger charge is -2.15. The number of anilines is 1. The minimum Gasteiger partial charge on any atom is -0.490 e. The van der Waals surface area contributed by atoms with E-state index < -0.39 is 27.6 Å². The van der Waals surface area contributed by atoms with Gasteiger partial charge in [-0.25, -0.2) is 5.48 Å². The Morgan fingerprint density at radius 3 is 2.86 bits per heavy atom. The lowest BCUT2D eigenvalue weighted by atomic mass is 10.1. The first-order valence-electron chi connectivity index (χ1n) is 8.27. The van der Waals surface area contributed by atoms with E-state index in [-0.39, 0.29) is 18.6 Å². The van der Waals surface area contributed by atoms with Gasteiger partial charge in [0.25, 0.3) is 10.1 Å². The van der Waals surface area contributed by atoms with Crippen LogP contribution in [0.4, 0.5) is 5.69 Å². The Hall–Kier alpha value is -2.70. The third-order valence-electron chi connectivity index (χ3n) is 3.52. The molecule has 0 radical (unpaired) electrons. The van der Waals surface area contributed by atoms with Gasteiger partial charge in [-0.05, 0) is 31.3 Å². The third kappa shape index (κ3) is 6.18. The molecule has 0 amide bonds. The zero-order valence-electron chi connectivity index (χ0n) is 15.1. The fourth-order valence-corrected chi connectivity index (χ4v) is 3.43. The van der Waals surface area contributed by atoms with Gasteiger partial charge in [0.15, 0.2) is 10.9 Å². The van der Waals surface area contributed by atoms with E-state index in [1.165, 1.54) is 0 Å². The molecule has 152 valence electrons. The van der Waals surface area contributed by atoms with E-state index >= 15 is 0 Å².